The summed E-state index contributed by atoms with van der Waals surface area (Å²) in [5.74, 6) is 0.334. The molecule has 0 aliphatic heterocycles. The van der Waals surface area contributed by atoms with Gasteiger partial charge in [-0.2, -0.15) is 5.26 Å². The standard InChI is InChI=1S/C15H17BrN2/c16-13-7-8-14(12(9-13)10-17)15(18)11-5-3-1-2-4-6-11/h7-9,11,18H,1-6H2. The largest absolute Gasteiger partial charge is 0.304 e. The highest BCUT2D eigenvalue weighted by atomic mass is 79.9. The summed E-state index contributed by atoms with van der Waals surface area (Å²) >= 11 is 3.37. The smallest absolute Gasteiger partial charge is 0.0999 e. The van der Waals surface area contributed by atoms with Crippen LogP contribution in [0.4, 0.5) is 0 Å². The van der Waals surface area contributed by atoms with Gasteiger partial charge in [0.15, 0.2) is 0 Å². The molecule has 0 spiro atoms. The van der Waals surface area contributed by atoms with E-state index in [4.69, 9.17) is 5.41 Å². The van der Waals surface area contributed by atoms with E-state index >= 15 is 0 Å². The number of rotatable bonds is 2. The molecule has 1 aliphatic rings. The van der Waals surface area contributed by atoms with Gasteiger partial charge < -0.3 is 5.41 Å². The fourth-order valence-electron chi connectivity index (χ4n) is 2.63. The van der Waals surface area contributed by atoms with Gasteiger partial charge in [0.05, 0.1) is 11.6 Å². The number of nitrogens with one attached hydrogen (secondary N) is 1. The lowest BCUT2D eigenvalue weighted by Gasteiger charge is -2.16. The quantitative estimate of drug-likeness (QED) is 0.627. The van der Waals surface area contributed by atoms with Crippen LogP contribution in [0, 0.1) is 22.7 Å². The normalized spacial score (nSPS) is 16.9. The van der Waals surface area contributed by atoms with Gasteiger partial charge in [0.1, 0.15) is 0 Å². The van der Waals surface area contributed by atoms with Gasteiger partial charge in [-0.3, -0.25) is 0 Å². The zero-order valence-electron chi connectivity index (χ0n) is 10.4. The van der Waals surface area contributed by atoms with Crippen molar-refractivity contribution in [1.82, 2.24) is 0 Å². The Hall–Kier alpha value is -1.14. The summed E-state index contributed by atoms with van der Waals surface area (Å²) < 4.78 is 0.900. The molecule has 3 heteroatoms. The lowest BCUT2D eigenvalue weighted by Crippen LogP contribution is -2.15. The van der Waals surface area contributed by atoms with Gasteiger partial charge in [0.25, 0.3) is 0 Å². The van der Waals surface area contributed by atoms with E-state index in [2.05, 4.69) is 22.0 Å². The Morgan fingerprint density at radius 3 is 2.50 bits per heavy atom. The SMILES string of the molecule is N#Cc1cc(Br)ccc1C(=N)C1CCCCCC1. The number of halogens is 1. The second-order valence-corrected chi connectivity index (χ2v) is 5.82. The Balaban J connectivity index is 2.25. The van der Waals surface area contributed by atoms with Crippen LogP contribution in [0.5, 0.6) is 0 Å². The molecule has 0 radical (unpaired) electrons. The fourth-order valence-corrected chi connectivity index (χ4v) is 2.99. The van der Waals surface area contributed by atoms with Crippen molar-refractivity contribution in [1.29, 1.82) is 10.7 Å². The number of nitriles is 1. The first-order valence-corrected chi connectivity index (χ1v) is 7.30. The van der Waals surface area contributed by atoms with Crippen molar-refractivity contribution in [3.63, 3.8) is 0 Å². The van der Waals surface area contributed by atoms with Crippen molar-refractivity contribution in [3.8, 4) is 6.07 Å². The Labute approximate surface area is 117 Å². The van der Waals surface area contributed by atoms with Crippen LogP contribution in [-0.2, 0) is 0 Å². The molecule has 94 valence electrons. The number of nitrogens with zero attached hydrogens (tertiary/aromatic N) is 1. The van der Waals surface area contributed by atoms with Crippen LogP contribution in [0.15, 0.2) is 22.7 Å². The molecule has 1 aromatic rings. The Morgan fingerprint density at radius 1 is 1.22 bits per heavy atom. The van der Waals surface area contributed by atoms with Crippen LogP contribution in [0.1, 0.15) is 49.7 Å². The highest BCUT2D eigenvalue weighted by Gasteiger charge is 2.20. The summed E-state index contributed by atoms with van der Waals surface area (Å²) in [4.78, 5) is 0. The molecule has 0 aromatic heterocycles. The molecule has 0 unspecified atom stereocenters. The molecule has 1 aromatic carbocycles. The van der Waals surface area contributed by atoms with E-state index in [9.17, 15) is 5.26 Å². The fraction of sp³-hybridized carbons (Fsp3) is 0.467. The zero-order valence-corrected chi connectivity index (χ0v) is 12.0. The van der Waals surface area contributed by atoms with Gasteiger partial charge in [-0.1, -0.05) is 47.7 Å². The lowest BCUT2D eigenvalue weighted by atomic mass is 9.88. The van der Waals surface area contributed by atoms with Crippen molar-refractivity contribution in [3.05, 3.63) is 33.8 Å². The molecular weight excluding hydrogens is 288 g/mol. The number of hydrogen-bond acceptors (Lipinski definition) is 2. The Kier molecular flexibility index (Phi) is 4.54. The van der Waals surface area contributed by atoms with Crippen LogP contribution in [-0.4, -0.2) is 5.71 Å². The lowest BCUT2D eigenvalue weighted by molar-refractivity contribution is 0.589. The molecule has 2 nitrogen and oxygen atoms in total. The minimum atomic E-state index is 0.334. The average Bonchev–Trinajstić information content (AvgIpc) is 2.66. The van der Waals surface area contributed by atoms with Gasteiger partial charge in [-0.25, -0.2) is 0 Å². The first-order valence-electron chi connectivity index (χ1n) is 6.51. The van der Waals surface area contributed by atoms with E-state index in [0.29, 0.717) is 17.2 Å². The summed E-state index contributed by atoms with van der Waals surface area (Å²) in [6.07, 6.45) is 7.20. The Bertz CT molecular complexity index is 480. The second kappa shape index (κ2) is 6.15. The summed E-state index contributed by atoms with van der Waals surface area (Å²) in [5, 5.41) is 17.5. The first-order chi connectivity index (χ1) is 8.72. The maximum absolute atomic E-state index is 9.18. The van der Waals surface area contributed by atoms with E-state index in [0.717, 1.165) is 22.9 Å². The maximum Gasteiger partial charge on any atom is 0.0999 e. The molecular formula is C15H17BrN2. The summed E-state index contributed by atoms with van der Waals surface area (Å²) in [6, 6.07) is 7.82. The summed E-state index contributed by atoms with van der Waals surface area (Å²) in [7, 11) is 0. The highest BCUT2D eigenvalue weighted by molar-refractivity contribution is 9.10. The molecule has 0 atom stereocenters. The van der Waals surface area contributed by atoms with Crippen LogP contribution in [0.2, 0.25) is 0 Å². The van der Waals surface area contributed by atoms with Gasteiger partial charge in [-0.15, -0.1) is 0 Å². The number of benzene rings is 1. The van der Waals surface area contributed by atoms with Gasteiger partial charge >= 0.3 is 0 Å². The molecule has 0 saturated heterocycles. The van der Waals surface area contributed by atoms with Crippen molar-refractivity contribution < 1.29 is 0 Å². The number of hydrogen-bond donors (Lipinski definition) is 1. The third kappa shape index (κ3) is 3.00. The average molecular weight is 305 g/mol. The summed E-state index contributed by atoms with van der Waals surface area (Å²) in [5.41, 5.74) is 2.08. The Morgan fingerprint density at radius 2 is 1.89 bits per heavy atom. The monoisotopic (exact) mass is 304 g/mol. The van der Waals surface area contributed by atoms with E-state index in [1.54, 1.807) is 6.07 Å². The predicted octanol–water partition coefficient (Wildman–Crippen LogP) is 4.66. The van der Waals surface area contributed by atoms with Crippen LogP contribution in [0.3, 0.4) is 0 Å². The molecule has 0 heterocycles. The third-order valence-electron chi connectivity index (χ3n) is 3.66. The maximum atomic E-state index is 9.18. The molecule has 1 aliphatic carbocycles. The third-order valence-corrected chi connectivity index (χ3v) is 4.15. The van der Waals surface area contributed by atoms with Crippen molar-refractivity contribution in [2.24, 2.45) is 5.92 Å². The molecule has 2 rings (SSSR count). The molecule has 1 N–H and O–H groups in total. The highest BCUT2D eigenvalue weighted by Crippen LogP contribution is 2.27. The topological polar surface area (TPSA) is 47.6 Å². The van der Waals surface area contributed by atoms with Crippen molar-refractivity contribution >= 4 is 21.6 Å². The van der Waals surface area contributed by atoms with E-state index in [-0.39, 0.29) is 0 Å². The van der Waals surface area contributed by atoms with Crippen molar-refractivity contribution in [2.45, 2.75) is 38.5 Å². The van der Waals surface area contributed by atoms with Gasteiger partial charge in [0, 0.05) is 21.7 Å². The van der Waals surface area contributed by atoms with E-state index in [1.807, 2.05) is 12.1 Å². The minimum absolute atomic E-state index is 0.334. The van der Waals surface area contributed by atoms with E-state index in [1.165, 1.54) is 25.7 Å². The minimum Gasteiger partial charge on any atom is -0.304 e. The van der Waals surface area contributed by atoms with Gasteiger partial charge in [0.2, 0.25) is 0 Å². The molecule has 1 fully saturated rings. The molecule has 1 saturated carbocycles. The van der Waals surface area contributed by atoms with Crippen LogP contribution < -0.4 is 0 Å². The molecule has 18 heavy (non-hydrogen) atoms. The zero-order chi connectivity index (χ0) is 13.0. The first kappa shape index (κ1) is 13.3. The molecule has 0 bridgehead atoms. The molecule has 0 amide bonds. The summed E-state index contributed by atoms with van der Waals surface area (Å²) in [6.45, 7) is 0. The van der Waals surface area contributed by atoms with Crippen LogP contribution in [0.25, 0.3) is 0 Å². The van der Waals surface area contributed by atoms with Crippen molar-refractivity contribution in [2.75, 3.05) is 0 Å². The predicted molar refractivity (Wildman–Crippen MR) is 76.9 cm³/mol. The van der Waals surface area contributed by atoms with E-state index < -0.39 is 0 Å². The van der Waals surface area contributed by atoms with Gasteiger partial charge in [-0.05, 0) is 25.0 Å². The second-order valence-electron chi connectivity index (χ2n) is 4.90. The van der Waals surface area contributed by atoms with Crippen LogP contribution >= 0.6 is 15.9 Å².